The number of benzene rings is 2. The predicted molar refractivity (Wildman–Crippen MR) is 134 cm³/mol. The maximum atomic E-state index is 13.2. The van der Waals surface area contributed by atoms with Crippen molar-refractivity contribution in [3.63, 3.8) is 0 Å². The number of piperidine rings is 1. The van der Waals surface area contributed by atoms with Crippen LogP contribution in [0.5, 0.6) is 5.75 Å². The van der Waals surface area contributed by atoms with Crippen LogP contribution in [0.25, 0.3) is 11.4 Å². The molecule has 0 unspecified atom stereocenters. The van der Waals surface area contributed by atoms with Gasteiger partial charge in [0.2, 0.25) is 17.8 Å². The maximum absolute atomic E-state index is 13.2. The summed E-state index contributed by atoms with van der Waals surface area (Å²) >= 11 is 0. The van der Waals surface area contributed by atoms with E-state index in [1.165, 1.54) is 42.5 Å². The van der Waals surface area contributed by atoms with Gasteiger partial charge in [-0.05, 0) is 54.7 Å². The quantitative estimate of drug-likeness (QED) is 0.351. The Hall–Kier alpha value is -4.10. The molecule has 0 aliphatic carbocycles. The number of hydrogen-bond acceptors (Lipinski definition) is 7. The fourth-order valence-corrected chi connectivity index (χ4v) is 4.37. The highest BCUT2D eigenvalue weighted by Gasteiger charge is 2.33. The molecule has 0 atom stereocenters. The molecule has 40 heavy (non-hydrogen) atoms. The Bertz CT molecular complexity index is 1310. The number of alkyl halides is 6. The molecule has 0 bridgehead atoms. The first-order valence-corrected chi connectivity index (χ1v) is 12.4. The number of amides is 1. The number of nitrogens with zero attached hydrogens (tertiary/aromatic N) is 4. The molecule has 4 rings (SSSR count). The number of aromatic nitrogens is 3. The van der Waals surface area contributed by atoms with Crippen LogP contribution < -0.4 is 20.3 Å². The van der Waals surface area contributed by atoms with E-state index >= 15 is 0 Å². The number of carbonyl (C=O) groups excluding carboxylic acids is 1. The van der Waals surface area contributed by atoms with Gasteiger partial charge in [0.1, 0.15) is 5.75 Å². The second-order valence-electron chi connectivity index (χ2n) is 9.17. The zero-order chi connectivity index (χ0) is 28.9. The lowest BCUT2D eigenvalue weighted by atomic mass is 9.93. The molecular formula is C26H26F6N6O2. The largest absolute Gasteiger partial charge is 0.573 e. The Morgan fingerprint density at radius 2 is 1.65 bits per heavy atom. The molecule has 2 heterocycles. The molecular weight excluding hydrogens is 542 g/mol. The lowest BCUT2D eigenvalue weighted by Gasteiger charge is -2.32. The summed E-state index contributed by atoms with van der Waals surface area (Å²) in [6.45, 7) is 0.844. The minimum absolute atomic E-state index is 0.00617. The number of rotatable bonds is 8. The Labute approximate surface area is 225 Å². The first-order valence-electron chi connectivity index (χ1n) is 12.4. The molecule has 8 nitrogen and oxygen atoms in total. The molecule has 214 valence electrons. The van der Waals surface area contributed by atoms with Crippen LogP contribution in [0.4, 0.5) is 38.2 Å². The molecule has 0 saturated carbocycles. The van der Waals surface area contributed by atoms with Crippen LogP contribution in [0.2, 0.25) is 0 Å². The van der Waals surface area contributed by atoms with Gasteiger partial charge in [-0.25, -0.2) is 0 Å². The van der Waals surface area contributed by atoms with E-state index in [9.17, 15) is 31.1 Å². The zero-order valence-electron chi connectivity index (χ0n) is 21.3. The summed E-state index contributed by atoms with van der Waals surface area (Å²) in [4.78, 5) is 27.6. The molecule has 14 heteroatoms. The summed E-state index contributed by atoms with van der Waals surface area (Å²) in [6, 6.07) is 10.3. The Kier molecular flexibility index (Phi) is 8.64. The van der Waals surface area contributed by atoms with Gasteiger partial charge in [0.15, 0.2) is 5.82 Å². The van der Waals surface area contributed by atoms with Crippen molar-refractivity contribution in [3.05, 3.63) is 59.7 Å². The molecule has 0 radical (unpaired) electrons. The first kappa shape index (κ1) is 28.9. The number of ether oxygens (including phenoxy) is 1. The van der Waals surface area contributed by atoms with Gasteiger partial charge < -0.3 is 20.3 Å². The maximum Gasteiger partial charge on any atom is 0.573 e. The second kappa shape index (κ2) is 12.0. The molecule has 0 spiro atoms. The molecule has 1 fully saturated rings. The van der Waals surface area contributed by atoms with Crippen molar-refractivity contribution < 1.29 is 35.9 Å². The monoisotopic (exact) mass is 568 g/mol. The topological polar surface area (TPSA) is 92.3 Å². The minimum atomic E-state index is -4.80. The van der Waals surface area contributed by atoms with Crippen LogP contribution in [0.3, 0.4) is 0 Å². The fourth-order valence-electron chi connectivity index (χ4n) is 4.37. The van der Waals surface area contributed by atoms with Gasteiger partial charge in [0.05, 0.1) is 5.56 Å². The predicted octanol–water partition coefficient (Wildman–Crippen LogP) is 5.42. The number of carbonyl (C=O) groups is 1. The summed E-state index contributed by atoms with van der Waals surface area (Å²) in [5.74, 6) is 0.241. The van der Waals surface area contributed by atoms with E-state index in [1.807, 2.05) is 4.90 Å². The summed E-state index contributed by atoms with van der Waals surface area (Å²) in [5, 5.41) is 5.44. The Balaban J connectivity index is 1.35. The van der Waals surface area contributed by atoms with Crippen LogP contribution in [0, 0.1) is 5.92 Å². The van der Waals surface area contributed by atoms with Gasteiger partial charge in [-0.3, -0.25) is 4.79 Å². The first-order chi connectivity index (χ1) is 18.9. The summed E-state index contributed by atoms with van der Waals surface area (Å²) < 4.78 is 80.8. The normalized spacial score (nSPS) is 14.6. The number of hydrogen-bond donors (Lipinski definition) is 2. The van der Waals surface area contributed by atoms with Gasteiger partial charge in [0.25, 0.3) is 0 Å². The average molecular weight is 569 g/mol. The van der Waals surface area contributed by atoms with E-state index in [1.54, 1.807) is 7.05 Å². The summed E-state index contributed by atoms with van der Waals surface area (Å²) in [6.07, 6.45) is -7.86. The smallest absolute Gasteiger partial charge is 0.406 e. The average Bonchev–Trinajstić information content (AvgIpc) is 2.91. The van der Waals surface area contributed by atoms with Crippen molar-refractivity contribution in [3.8, 4) is 17.1 Å². The highest BCUT2D eigenvalue weighted by atomic mass is 19.4. The fraction of sp³-hybridized carbons (Fsp3) is 0.385. The van der Waals surface area contributed by atoms with Gasteiger partial charge in [-0.15, -0.1) is 13.2 Å². The Morgan fingerprint density at radius 3 is 2.27 bits per heavy atom. The number of halogens is 6. The van der Waals surface area contributed by atoms with Crippen molar-refractivity contribution in [1.29, 1.82) is 0 Å². The SMILES string of the molecule is CNc1nc(-c2ccc(OC(F)(F)F)cc2)nc(N2CCC(CC(=O)NCc3ccccc3C(F)(F)F)CC2)n1. The molecule has 1 aromatic heterocycles. The molecule has 1 saturated heterocycles. The minimum Gasteiger partial charge on any atom is -0.406 e. The lowest BCUT2D eigenvalue weighted by Crippen LogP contribution is -2.37. The third kappa shape index (κ3) is 7.73. The van der Waals surface area contributed by atoms with Crippen LogP contribution in [-0.2, 0) is 17.5 Å². The standard InChI is InChI=1S/C26H26F6N6O2/c1-33-23-35-22(17-6-8-19(9-7-17)40-26(30,31)32)36-24(37-23)38-12-10-16(11-13-38)14-21(39)34-15-18-4-2-3-5-20(18)25(27,28)29/h2-9,16H,10-15H2,1H3,(H,34,39)(H,33,35,36,37). The summed E-state index contributed by atoms with van der Waals surface area (Å²) in [5.41, 5.74) is -0.299. The Morgan fingerprint density at radius 1 is 0.975 bits per heavy atom. The van der Waals surface area contributed by atoms with E-state index in [2.05, 4.69) is 30.3 Å². The van der Waals surface area contributed by atoms with E-state index in [0.717, 1.165) is 6.07 Å². The highest BCUT2D eigenvalue weighted by molar-refractivity contribution is 5.76. The van der Waals surface area contributed by atoms with Crippen LogP contribution in [0.15, 0.2) is 48.5 Å². The van der Waals surface area contributed by atoms with Crippen molar-refractivity contribution in [2.45, 2.75) is 38.3 Å². The highest BCUT2D eigenvalue weighted by Crippen LogP contribution is 2.32. The van der Waals surface area contributed by atoms with Gasteiger partial charge in [-0.1, -0.05) is 18.2 Å². The van der Waals surface area contributed by atoms with Gasteiger partial charge >= 0.3 is 12.5 Å². The van der Waals surface area contributed by atoms with Gasteiger partial charge in [0, 0.05) is 38.7 Å². The summed E-state index contributed by atoms with van der Waals surface area (Å²) in [7, 11) is 1.63. The van der Waals surface area contributed by atoms with Crippen molar-refractivity contribution in [1.82, 2.24) is 20.3 Å². The van der Waals surface area contributed by atoms with Crippen molar-refractivity contribution in [2.75, 3.05) is 30.4 Å². The van der Waals surface area contributed by atoms with Crippen LogP contribution in [-0.4, -0.2) is 47.4 Å². The molecule has 1 aliphatic rings. The molecule has 1 aliphatic heterocycles. The lowest BCUT2D eigenvalue weighted by molar-refractivity contribution is -0.274. The molecule has 1 amide bonds. The number of nitrogens with one attached hydrogen (secondary N) is 2. The van der Waals surface area contributed by atoms with Crippen molar-refractivity contribution >= 4 is 17.8 Å². The molecule has 2 aromatic carbocycles. The van der Waals surface area contributed by atoms with E-state index in [0.29, 0.717) is 37.4 Å². The third-order valence-corrected chi connectivity index (χ3v) is 6.36. The zero-order valence-corrected chi connectivity index (χ0v) is 21.3. The van der Waals surface area contributed by atoms with Crippen LogP contribution >= 0.6 is 0 Å². The second-order valence-corrected chi connectivity index (χ2v) is 9.17. The van der Waals surface area contributed by atoms with Crippen molar-refractivity contribution in [2.24, 2.45) is 5.92 Å². The number of anilines is 2. The molecule has 3 aromatic rings. The van der Waals surface area contributed by atoms with E-state index < -0.39 is 18.1 Å². The third-order valence-electron chi connectivity index (χ3n) is 6.36. The van der Waals surface area contributed by atoms with Crippen LogP contribution in [0.1, 0.15) is 30.4 Å². The van der Waals surface area contributed by atoms with Gasteiger partial charge in [-0.2, -0.15) is 28.1 Å². The molecule has 2 N–H and O–H groups in total. The van der Waals surface area contributed by atoms with E-state index in [-0.39, 0.29) is 47.9 Å². The van der Waals surface area contributed by atoms with E-state index in [4.69, 9.17) is 0 Å².